The Morgan fingerprint density at radius 3 is 2.46 bits per heavy atom. The van der Waals surface area contributed by atoms with Gasteiger partial charge in [-0.3, -0.25) is 9.36 Å². The van der Waals surface area contributed by atoms with Crippen LogP contribution in [0.4, 0.5) is 5.82 Å². The summed E-state index contributed by atoms with van der Waals surface area (Å²) in [5.41, 5.74) is 4.07. The molecule has 0 saturated heterocycles. The van der Waals surface area contributed by atoms with E-state index in [4.69, 9.17) is 4.98 Å². The van der Waals surface area contributed by atoms with Gasteiger partial charge in [0.2, 0.25) is 0 Å². The minimum absolute atomic E-state index is 0. The highest BCUT2D eigenvalue weighted by atomic mass is 32.2. The number of sulfone groups is 1. The van der Waals surface area contributed by atoms with Crippen molar-refractivity contribution in [1.82, 2.24) is 29.5 Å². The molecule has 1 aromatic carbocycles. The molecule has 3 heterocycles. The lowest BCUT2D eigenvalue weighted by atomic mass is 10.1. The molecular formula is C28H33N7O3S. The quantitative estimate of drug-likeness (QED) is 0.327. The first kappa shape index (κ1) is 25.5. The average Bonchev–Trinajstić information content (AvgIpc) is 3.89. The predicted octanol–water partition coefficient (Wildman–Crippen LogP) is 4.24. The van der Waals surface area contributed by atoms with Crippen LogP contribution in [0.2, 0.25) is 0 Å². The highest BCUT2D eigenvalue weighted by molar-refractivity contribution is 7.91. The fourth-order valence-corrected chi connectivity index (χ4v) is 5.79. The summed E-state index contributed by atoms with van der Waals surface area (Å²) in [6.07, 6.45) is 7.97. The minimum Gasteiger partial charge on any atom is -0.361 e. The van der Waals surface area contributed by atoms with Gasteiger partial charge in [0.25, 0.3) is 5.56 Å². The van der Waals surface area contributed by atoms with Crippen molar-refractivity contribution < 1.29 is 9.84 Å². The monoisotopic (exact) mass is 547 g/mol. The lowest BCUT2D eigenvalue weighted by molar-refractivity contribution is 0.527. The van der Waals surface area contributed by atoms with Gasteiger partial charge in [-0.05, 0) is 56.7 Å². The van der Waals surface area contributed by atoms with Crippen molar-refractivity contribution in [2.45, 2.75) is 75.8 Å². The van der Waals surface area contributed by atoms with Crippen LogP contribution in [0.5, 0.6) is 0 Å². The number of hydrogen-bond acceptors (Lipinski definition) is 9. The normalized spacial score (nSPS) is 16.4. The van der Waals surface area contributed by atoms with E-state index in [9.17, 15) is 13.2 Å². The van der Waals surface area contributed by atoms with Gasteiger partial charge in [-0.2, -0.15) is 0 Å². The standard InChI is InChI=1S/C28H31N7O3S.H2/c1-4-20-22(23(18-8-9-18)32-16-31-20)24-30-15-21-26(34-24)35(28(3)12-13-28)27(36)25(33-21)29-14-17-6-10-19(11-7-17)39(37,38)5-2;/h6-7,10-11,15-16,18H,4-5,8-9,12-14H2,1-3H3,(H,29,33);1H. The number of nitrogens with zero attached hydrogens (tertiary/aromatic N) is 6. The number of aromatic nitrogens is 6. The number of aryl methyl sites for hydroxylation is 1. The molecule has 0 atom stereocenters. The number of fused-ring (bicyclic) bond motifs is 1. The van der Waals surface area contributed by atoms with Gasteiger partial charge in [0, 0.05) is 19.4 Å². The smallest absolute Gasteiger partial charge is 0.295 e. The summed E-state index contributed by atoms with van der Waals surface area (Å²) < 4.78 is 26.0. The molecule has 2 saturated carbocycles. The van der Waals surface area contributed by atoms with E-state index in [1.807, 2.05) is 0 Å². The maximum Gasteiger partial charge on any atom is 0.295 e. The molecule has 0 bridgehead atoms. The van der Waals surface area contributed by atoms with Crippen LogP contribution in [0.3, 0.4) is 0 Å². The number of nitrogens with one attached hydrogen (secondary N) is 1. The molecule has 3 aromatic heterocycles. The molecule has 0 spiro atoms. The molecule has 0 radical (unpaired) electrons. The molecule has 39 heavy (non-hydrogen) atoms. The van der Waals surface area contributed by atoms with Crippen LogP contribution in [0.1, 0.15) is 70.8 Å². The largest absolute Gasteiger partial charge is 0.361 e. The Labute approximate surface area is 228 Å². The molecule has 0 unspecified atom stereocenters. The third-order valence-electron chi connectivity index (χ3n) is 7.71. The molecule has 4 aromatic rings. The maximum atomic E-state index is 13.7. The minimum atomic E-state index is -3.27. The van der Waals surface area contributed by atoms with Crippen LogP contribution in [0.15, 0.2) is 46.5 Å². The molecule has 0 amide bonds. The maximum absolute atomic E-state index is 13.7. The van der Waals surface area contributed by atoms with E-state index in [2.05, 4.69) is 39.1 Å². The average molecular weight is 548 g/mol. The molecule has 204 valence electrons. The highest BCUT2D eigenvalue weighted by Gasteiger charge is 2.42. The van der Waals surface area contributed by atoms with E-state index in [0.29, 0.717) is 29.5 Å². The SMILES string of the molecule is CCc1ncnc(C2CC2)c1-c1ncc2nc(NCc3ccc(S(=O)(=O)CC)cc3)c(=O)n(C3(C)CC3)c2n1.[HH]. The summed E-state index contributed by atoms with van der Waals surface area (Å²) in [5.74, 6) is 1.20. The van der Waals surface area contributed by atoms with Crippen molar-refractivity contribution in [2.24, 2.45) is 0 Å². The molecule has 10 nitrogen and oxygen atoms in total. The summed E-state index contributed by atoms with van der Waals surface area (Å²) in [6, 6.07) is 6.68. The van der Waals surface area contributed by atoms with Crippen LogP contribution in [0, 0.1) is 0 Å². The Bertz CT molecular complexity index is 1750. The second-order valence-electron chi connectivity index (χ2n) is 10.6. The molecule has 2 aliphatic rings. The molecule has 1 N–H and O–H groups in total. The highest BCUT2D eigenvalue weighted by Crippen LogP contribution is 2.45. The van der Waals surface area contributed by atoms with Crippen LogP contribution in [-0.4, -0.2) is 43.7 Å². The summed E-state index contributed by atoms with van der Waals surface area (Å²) in [7, 11) is -3.27. The molecule has 11 heteroatoms. The third kappa shape index (κ3) is 4.69. The van der Waals surface area contributed by atoms with Gasteiger partial charge in [0.05, 0.1) is 33.8 Å². The van der Waals surface area contributed by atoms with Crippen LogP contribution < -0.4 is 10.9 Å². The molecule has 0 aliphatic heterocycles. The van der Waals surface area contributed by atoms with Gasteiger partial charge < -0.3 is 5.32 Å². The van der Waals surface area contributed by atoms with Crippen molar-refractivity contribution in [3.63, 3.8) is 0 Å². The number of anilines is 1. The van der Waals surface area contributed by atoms with Gasteiger partial charge >= 0.3 is 0 Å². The Balaban J connectivity index is 0.00000323. The van der Waals surface area contributed by atoms with Crippen molar-refractivity contribution in [2.75, 3.05) is 11.1 Å². The van der Waals surface area contributed by atoms with Gasteiger partial charge in [0.15, 0.2) is 27.1 Å². The van der Waals surface area contributed by atoms with Gasteiger partial charge in [-0.1, -0.05) is 26.0 Å². The van der Waals surface area contributed by atoms with Crippen molar-refractivity contribution >= 4 is 26.8 Å². The van der Waals surface area contributed by atoms with Crippen molar-refractivity contribution in [3.05, 3.63) is 64.1 Å². The van der Waals surface area contributed by atoms with Gasteiger partial charge in [-0.15, -0.1) is 0 Å². The second-order valence-corrected chi connectivity index (χ2v) is 12.9. The summed E-state index contributed by atoms with van der Waals surface area (Å²) in [6.45, 7) is 6.06. The molecular weight excluding hydrogens is 514 g/mol. The summed E-state index contributed by atoms with van der Waals surface area (Å²) in [4.78, 5) is 37.3. The van der Waals surface area contributed by atoms with Gasteiger partial charge in [-0.25, -0.2) is 33.3 Å². The first-order valence-corrected chi connectivity index (χ1v) is 15.1. The lowest BCUT2D eigenvalue weighted by Gasteiger charge is -2.18. The van der Waals surface area contributed by atoms with E-state index in [1.165, 1.54) is 0 Å². The van der Waals surface area contributed by atoms with E-state index in [1.54, 1.807) is 48.3 Å². The van der Waals surface area contributed by atoms with E-state index in [-0.39, 0.29) is 29.0 Å². The number of benzene rings is 1. The van der Waals surface area contributed by atoms with Crippen molar-refractivity contribution in [1.29, 1.82) is 0 Å². The summed E-state index contributed by atoms with van der Waals surface area (Å²) >= 11 is 0. The second kappa shape index (κ2) is 9.48. The topological polar surface area (TPSA) is 133 Å². The number of rotatable bonds is 9. The third-order valence-corrected chi connectivity index (χ3v) is 9.46. The zero-order chi connectivity index (χ0) is 27.4. The first-order chi connectivity index (χ1) is 18.7. The fourth-order valence-electron chi connectivity index (χ4n) is 4.90. The Morgan fingerprint density at radius 1 is 1.08 bits per heavy atom. The van der Waals surface area contributed by atoms with E-state index < -0.39 is 9.84 Å². The Kier molecular flexibility index (Phi) is 6.21. The van der Waals surface area contributed by atoms with Gasteiger partial charge in [0.1, 0.15) is 11.8 Å². The van der Waals surface area contributed by atoms with E-state index >= 15 is 0 Å². The predicted molar refractivity (Wildman–Crippen MR) is 150 cm³/mol. The van der Waals surface area contributed by atoms with Crippen molar-refractivity contribution in [3.8, 4) is 11.4 Å². The first-order valence-electron chi connectivity index (χ1n) is 13.4. The zero-order valence-corrected chi connectivity index (χ0v) is 23.1. The van der Waals surface area contributed by atoms with Crippen LogP contribution >= 0.6 is 0 Å². The molecule has 6 rings (SSSR count). The molecule has 2 aliphatic carbocycles. The zero-order valence-electron chi connectivity index (χ0n) is 22.3. The van der Waals surface area contributed by atoms with Crippen LogP contribution in [0.25, 0.3) is 22.6 Å². The summed E-state index contributed by atoms with van der Waals surface area (Å²) in [5, 5.41) is 3.16. The van der Waals surface area contributed by atoms with Crippen LogP contribution in [-0.2, 0) is 28.3 Å². The number of hydrogen-bond donors (Lipinski definition) is 1. The Hall–Kier alpha value is -3.73. The fraction of sp³-hybridized carbons (Fsp3) is 0.429. The van der Waals surface area contributed by atoms with E-state index in [0.717, 1.165) is 54.6 Å². The lowest BCUT2D eigenvalue weighted by Crippen LogP contribution is -2.32. The Morgan fingerprint density at radius 2 is 1.82 bits per heavy atom. The molecule has 2 fully saturated rings.